The van der Waals surface area contributed by atoms with E-state index in [0.717, 1.165) is 38.6 Å². The summed E-state index contributed by atoms with van der Waals surface area (Å²) in [5.41, 5.74) is 0. The van der Waals surface area contributed by atoms with Gasteiger partial charge < -0.3 is 5.32 Å². The van der Waals surface area contributed by atoms with Crippen LogP contribution in [0.1, 0.15) is 45.4 Å². The zero-order chi connectivity index (χ0) is 11.4. The molecule has 1 fully saturated rings. The molecular formula is C11H23NO2S. The summed E-state index contributed by atoms with van der Waals surface area (Å²) >= 11 is 0. The predicted octanol–water partition coefficient (Wildman–Crippen LogP) is 1.73. The van der Waals surface area contributed by atoms with Gasteiger partial charge in [0.05, 0.1) is 4.75 Å². The quantitative estimate of drug-likeness (QED) is 0.736. The molecule has 1 aliphatic rings. The van der Waals surface area contributed by atoms with Gasteiger partial charge in [0.15, 0.2) is 9.84 Å². The van der Waals surface area contributed by atoms with E-state index in [-0.39, 0.29) is 0 Å². The van der Waals surface area contributed by atoms with Crippen LogP contribution in [0.4, 0.5) is 0 Å². The van der Waals surface area contributed by atoms with E-state index in [9.17, 15) is 8.42 Å². The minimum absolute atomic E-state index is 0.472. The standard InChI is InChI=1S/C11H23NO2S/c1-3-9-12-10-11(15(2,13)14)7-5-4-6-8-11/h12H,3-10H2,1-2H3. The van der Waals surface area contributed by atoms with E-state index in [1.54, 1.807) is 0 Å². The first-order chi connectivity index (χ1) is 7.02. The van der Waals surface area contributed by atoms with E-state index in [1.165, 1.54) is 12.7 Å². The summed E-state index contributed by atoms with van der Waals surface area (Å²) in [5, 5.41) is 3.27. The zero-order valence-corrected chi connectivity index (χ0v) is 10.7. The third-order valence-electron chi connectivity index (χ3n) is 3.43. The molecule has 0 radical (unpaired) electrons. The highest BCUT2D eigenvalue weighted by molar-refractivity contribution is 7.92. The van der Waals surface area contributed by atoms with Crippen LogP contribution < -0.4 is 5.32 Å². The fourth-order valence-corrected chi connectivity index (χ4v) is 3.76. The molecule has 3 nitrogen and oxygen atoms in total. The van der Waals surface area contributed by atoms with Crippen LogP contribution in [0.5, 0.6) is 0 Å². The summed E-state index contributed by atoms with van der Waals surface area (Å²) in [4.78, 5) is 0. The van der Waals surface area contributed by atoms with Crippen LogP contribution in [-0.2, 0) is 9.84 Å². The maximum absolute atomic E-state index is 11.9. The van der Waals surface area contributed by atoms with Crippen LogP contribution >= 0.6 is 0 Å². The third kappa shape index (κ3) is 3.18. The van der Waals surface area contributed by atoms with Crippen LogP contribution in [0, 0.1) is 0 Å². The highest BCUT2D eigenvalue weighted by Crippen LogP contribution is 2.34. The second kappa shape index (κ2) is 5.30. The first-order valence-electron chi connectivity index (χ1n) is 5.92. The zero-order valence-electron chi connectivity index (χ0n) is 9.88. The van der Waals surface area contributed by atoms with Gasteiger partial charge in [-0.2, -0.15) is 0 Å². The van der Waals surface area contributed by atoms with Gasteiger partial charge in [-0.15, -0.1) is 0 Å². The fourth-order valence-electron chi connectivity index (χ4n) is 2.37. The molecule has 0 aromatic rings. The SMILES string of the molecule is CCCNCC1(S(C)(=O)=O)CCCCC1. The molecule has 0 atom stereocenters. The Morgan fingerprint density at radius 2 is 1.80 bits per heavy atom. The van der Waals surface area contributed by atoms with Crippen molar-refractivity contribution >= 4 is 9.84 Å². The first kappa shape index (κ1) is 13.0. The summed E-state index contributed by atoms with van der Waals surface area (Å²) in [6, 6.07) is 0. The molecule has 0 aromatic carbocycles. The van der Waals surface area contributed by atoms with Gasteiger partial charge >= 0.3 is 0 Å². The number of rotatable bonds is 5. The molecule has 0 aromatic heterocycles. The number of hydrogen-bond donors (Lipinski definition) is 1. The van der Waals surface area contributed by atoms with E-state index in [4.69, 9.17) is 0 Å². The van der Waals surface area contributed by atoms with Gasteiger partial charge in [-0.3, -0.25) is 0 Å². The van der Waals surface area contributed by atoms with Gasteiger partial charge in [-0.05, 0) is 25.8 Å². The maximum Gasteiger partial charge on any atom is 0.154 e. The molecule has 0 saturated heterocycles. The van der Waals surface area contributed by atoms with E-state index in [2.05, 4.69) is 12.2 Å². The lowest BCUT2D eigenvalue weighted by Gasteiger charge is -2.35. The minimum atomic E-state index is -2.93. The van der Waals surface area contributed by atoms with Crippen molar-refractivity contribution in [2.45, 2.75) is 50.2 Å². The largest absolute Gasteiger partial charge is 0.315 e. The van der Waals surface area contributed by atoms with Crippen molar-refractivity contribution in [1.82, 2.24) is 5.32 Å². The van der Waals surface area contributed by atoms with E-state index < -0.39 is 14.6 Å². The molecule has 0 heterocycles. The lowest BCUT2D eigenvalue weighted by Crippen LogP contribution is -2.48. The third-order valence-corrected chi connectivity index (χ3v) is 5.55. The van der Waals surface area contributed by atoms with E-state index in [0.29, 0.717) is 6.54 Å². The van der Waals surface area contributed by atoms with Gasteiger partial charge in [0.2, 0.25) is 0 Å². The van der Waals surface area contributed by atoms with Crippen LogP contribution in [0.15, 0.2) is 0 Å². The minimum Gasteiger partial charge on any atom is -0.315 e. The molecule has 1 saturated carbocycles. The Morgan fingerprint density at radius 3 is 2.27 bits per heavy atom. The van der Waals surface area contributed by atoms with E-state index >= 15 is 0 Å². The lowest BCUT2D eigenvalue weighted by molar-refractivity contribution is 0.358. The Labute approximate surface area is 93.6 Å². The molecule has 1 aliphatic carbocycles. The summed E-state index contributed by atoms with van der Waals surface area (Å²) < 4.78 is 23.3. The van der Waals surface area contributed by atoms with Gasteiger partial charge in [-0.25, -0.2) is 8.42 Å². The monoisotopic (exact) mass is 233 g/mol. The molecule has 0 unspecified atom stereocenters. The maximum atomic E-state index is 11.9. The highest BCUT2D eigenvalue weighted by atomic mass is 32.2. The van der Waals surface area contributed by atoms with E-state index in [1.807, 2.05) is 0 Å². The average molecular weight is 233 g/mol. The van der Waals surface area contributed by atoms with Crippen LogP contribution in [0.2, 0.25) is 0 Å². The second-order valence-corrected chi connectivity index (χ2v) is 7.10. The Balaban J connectivity index is 2.68. The van der Waals surface area contributed by atoms with Crippen LogP contribution in [-0.4, -0.2) is 32.5 Å². The average Bonchev–Trinajstić information content (AvgIpc) is 2.18. The molecule has 0 spiro atoms. The molecule has 15 heavy (non-hydrogen) atoms. The smallest absolute Gasteiger partial charge is 0.154 e. The summed E-state index contributed by atoms with van der Waals surface area (Å²) in [6.07, 6.45) is 7.42. The molecule has 90 valence electrons. The Bertz CT molecular complexity index is 279. The Kier molecular flexibility index (Phi) is 4.59. The van der Waals surface area contributed by atoms with Gasteiger partial charge in [0.1, 0.15) is 0 Å². The Morgan fingerprint density at radius 1 is 1.20 bits per heavy atom. The van der Waals surface area contributed by atoms with Crippen molar-refractivity contribution in [3.05, 3.63) is 0 Å². The Hall–Kier alpha value is -0.0900. The lowest BCUT2D eigenvalue weighted by atomic mass is 9.88. The van der Waals surface area contributed by atoms with Gasteiger partial charge in [0.25, 0.3) is 0 Å². The summed E-state index contributed by atoms with van der Waals surface area (Å²) in [5.74, 6) is 0. The molecular weight excluding hydrogens is 210 g/mol. The van der Waals surface area contributed by atoms with Crippen molar-refractivity contribution in [3.63, 3.8) is 0 Å². The first-order valence-corrected chi connectivity index (χ1v) is 7.81. The summed E-state index contributed by atoms with van der Waals surface area (Å²) in [7, 11) is -2.93. The molecule has 4 heteroatoms. The molecule has 0 amide bonds. The number of hydrogen-bond acceptors (Lipinski definition) is 3. The van der Waals surface area contributed by atoms with Crippen molar-refractivity contribution < 1.29 is 8.42 Å². The van der Waals surface area contributed by atoms with Crippen molar-refractivity contribution in [2.24, 2.45) is 0 Å². The van der Waals surface area contributed by atoms with Crippen LogP contribution in [0.3, 0.4) is 0 Å². The van der Waals surface area contributed by atoms with Crippen LogP contribution in [0.25, 0.3) is 0 Å². The summed E-state index contributed by atoms with van der Waals surface area (Å²) in [6.45, 7) is 3.65. The molecule has 1 rings (SSSR count). The van der Waals surface area contributed by atoms with Crippen molar-refractivity contribution in [1.29, 1.82) is 0 Å². The fraction of sp³-hybridized carbons (Fsp3) is 1.00. The molecule has 0 bridgehead atoms. The van der Waals surface area contributed by atoms with Crippen molar-refractivity contribution in [2.75, 3.05) is 19.3 Å². The molecule has 1 N–H and O–H groups in total. The van der Waals surface area contributed by atoms with Crippen molar-refractivity contribution in [3.8, 4) is 0 Å². The van der Waals surface area contributed by atoms with Gasteiger partial charge in [0, 0.05) is 12.8 Å². The second-order valence-electron chi connectivity index (χ2n) is 4.69. The topological polar surface area (TPSA) is 46.2 Å². The normalized spacial score (nSPS) is 21.5. The van der Waals surface area contributed by atoms with Gasteiger partial charge in [-0.1, -0.05) is 26.2 Å². The highest BCUT2D eigenvalue weighted by Gasteiger charge is 2.40. The molecule has 0 aliphatic heterocycles. The predicted molar refractivity (Wildman–Crippen MR) is 63.8 cm³/mol. The number of sulfone groups is 1. The number of nitrogens with one attached hydrogen (secondary N) is 1.